The van der Waals surface area contributed by atoms with Crippen molar-refractivity contribution in [2.75, 3.05) is 18.4 Å². The highest BCUT2D eigenvalue weighted by Gasteiger charge is 2.27. The van der Waals surface area contributed by atoms with Gasteiger partial charge in [-0.3, -0.25) is 4.79 Å². The Labute approximate surface area is 155 Å². The number of aryl methyl sites for hydroxylation is 2. The number of hydrogen-bond acceptors (Lipinski definition) is 3. The summed E-state index contributed by atoms with van der Waals surface area (Å²) >= 11 is 0. The Morgan fingerprint density at radius 3 is 2.27 bits per heavy atom. The number of nitrogens with zero attached hydrogens (tertiary/aromatic N) is 1. The number of piperidine rings is 1. The quantitative estimate of drug-likeness (QED) is 0.889. The third-order valence-electron chi connectivity index (χ3n) is 4.72. The lowest BCUT2D eigenvalue weighted by molar-refractivity contribution is 0.102. The minimum Gasteiger partial charge on any atom is -0.322 e. The van der Waals surface area contributed by atoms with Gasteiger partial charge in [0, 0.05) is 24.3 Å². The van der Waals surface area contributed by atoms with Gasteiger partial charge in [-0.05, 0) is 56.5 Å². The molecule has 3 rings (SSSR count). The van der Waals surface area contributed by atoms with Gasteiger partial charge in [0.05, 0.1) is 4.90 Å². The smallest absolute Gasteiger partial charge is 0.255 e. The van der Waals surface area contributed by atoms with E-state index in [-0.39, 0.29) is 10.8 Å². The van der Waals surface area contributed by atoms with Gasteiger partial charge in [-0.1, -0.05) is 30.2 Å². The highest BCUT2D eigenvalue weighted by atomic mass is 32.2. The van der Waals surface area contributed by atoms with Crippen LogP contribution in [0.15, 0.2) is 47.4 Å². The molecule has 1 amide bonds. The van der Waals surface area contributed by atoms with Crippen LogP contribution in [0.1, 0.15) is 40.7 Å². The molecule has 1 heterocycles. The Morgan fingerprint density at radius 1 is 0.962 bits per heavy atom. The molecule has 2 aromatic rings. The summed E-state index contributed by atoms with van der Waals surface area (Å²) in [7, 11) is -3.56. The fourth-order valence-electron chi connectivity index (χ4n) is 3.10. The zero-order valence-corrected chi connectivity index (χ0v) is 16.0. The molecule has 6 heteroatoms. The first-order valence-electron chi connectivity index (χ1n) is 8.87. The third kappa shape index (κ3) is 3.97. The van der Waals surface area contributed by atoms with Crippen molar-refractivity contribution in [1.29, 1.82) is 0 Å². The van der Waals surface area contributed by atoms with Crippen LogP contribution in [0.3, 0.4) is 0 Å². The molecule has 26 heavy (non-hydrogen) atoms. The van der Waals surface area contributed by atoms with Gasteiger partial charge in [0.2, 0.25) is 10.0 Å². The lowest BCUT2D eigenvalue weighted by Crippen LogP contribution is -2.35. The predicted molar refractivity (Wildman–Crippen MR) is 103 cm³/mol. The van der Waals surface area contributed by atoms with Gasteiger partial charge in [0.25, 0.3) is 5.91 Å². The molecule has 0 atom stereocenters. The van der Waals surface area contributed by atoms with Gasteiger partial charge in [-0.2, -0.15) is 4.31 Å². The topological polar surface area (TPSA) is 66.5 Å². The Hall–Kier alpha value is -2.18. The monoisotopic (exact) mass is 372 g/mol. The van der Waals surface area contributed by atoms with Gasteiger partial charge in [-0.25, -0.2) is 8.42 Å². The molecule has 2 aromatic carbocycles. The number of anilines is 1. The van der Waals surface area contributed by atoms with Crippen LogP contribution < -0.4 is 5.32 Å². The summed E-state index contributed by atoms with van der Waals surface area (Å²) in [5.41, 5.74) is 2.91. The van der Waals surface area contributed by atoms with E-state index in [0.717, 1.165) is 30.4 Å². The molecule has 0 radical (unpaired) electrons. The minimum absolute atomic E-state index is 0.180. The van der Waals surface area contributed by atoms with Crippen LogP contribution in [0, 0.1) is 13.8 Å². The molecular weight excluding hydrogens is 348 g/mol. The first-order valence-corrected chi connectivity index (χ1v) is 10.3. The van der Waals surface area contributed by atoms with Crippen molar-refractivity contribution in [3.8, 4) is 0 Å². The Morgan fingerprint density at radius 2 is 1.62 bits per heavy atom. The number of amides is 1. The average Bonchev–Trinajstić information content (AvgIpc) is 2.64. The molecule has 1 N–H and O–H groups in total. The van der Waals surface area contributed by atoms with Crippen molar-refractivity contribution in [3.63, 3.8) is 0 Å². The van der Waals surface area contributed by atoms with E-state index in [2.05, 4.69) is 5.32 Å². The zero-order valence-electron chi connectivity index (χ0n) is 15.2. The average molecular weight is 372 g/mol. The first kappa shape index (κ1) is 18.6. The third-order valence-corrected chi connectivity index (χ3v) is 6.61. The van der Waals surface area contributed by atoms with Crippen LogP contribution in [0.2, 0.25) is 0 Å². The number of carbonyl (C=O) groups is 1. The lowest BCUT2D eigenvalue weighted by atomic mass is 10.1. The second kappa shape index (κ2) is 7.60. The van der Waals surface area contributed by atoms with Gasteiger partial charge < -0.3 is 5.32 Å². The fourth-order valence-corrected chi connectivity index (χ4v) is 4.64. The standard InChI is InChI=1S/C20H24N2O3S/c1-15-6-9-17(10-7-15)21-20(23)19-14-18(11-8-16(19)2)26(24,25)22-12-4-3-5-13-22/h6-11,14H,3-5,12-13H2,1-2H3,(H,21,23). The second-order valence-electron chi connectivity index (χ2n) is 6.76. The number of carbonyl (C=O) groups excluding carboxylic acids is 1. The molecule has 0 bridgehead atoms. The van der Waals surface area contributed by atoms with Crippen molar-refractivity contribution < 1.29 is 13.2 Å². The predicted octanol–water partition coefficient (Wildman–Crippen LogP) is 3.73. The lowest BCUT2D eigenvalue weighted by Gasteiger charge is -2.26. The van der Waals surface area contributed by atoms with E-state index in [9.17, 15) is 13.2 Å². The minimum atomic E-state index is -3.56. The van der Waals surface area contributed by atoms with Crippen molar-refractivity contribution in [2.45, 2.75) is 38.0 Å². The molecule has 5 nitrogen and oxygen atoms in total. The molecule has 0 aromatic heterocycles. The summed E-state index contributed by atoms with van der Waals surface area (Å²) < 4.78 is 27.2. The largest absolute Gasteiger partial charge is 0.322 e. The second-order valence-corrected chi connectivity index (χ2v) is 8.70. The first-order chi connectivity index (χ1) is 12.4. The van der Waals surface area contributed by atoms with Crippen LogP contribution in [-0.4, -0.2) is 31.7 Å². The highest BCUT2D eigenvalue weighted by Crippen LogP contribution is 2.23. The summed E-state index contributed by atoms with van der Waals surface area (Å²) in [5.74, 6) is -0.304. The molecule has 1 aliphatic rings. The highest BCUT2D eigenvalue weighted by molar-refractivity contribution is 7.89. The summed E-state index contributed by atoms with van der Waals surface area (Å²) in [6.45, 7) is 4.87. The van der Waals surface area contributed by atoms with Crippen LogP contribution in [0.5, 0.6) is 0 Å². The van der Waals surface area contributed by atoms with E-state index in [4.69, 9.17) is 0 Å². The normalized spacial score (nSPS) is 15.6. The van der Waals surface area contributed by atoms with Gasteiger partial charge in [0.1, 0.15) is 0 Å². The van der Waals surface area contributed by atoms with E-state index >= 15 is 0 Å². The molecular formula is C20H24N2O3S. The molecule has 0 unspecified atom stereocenters. The van der Waals surface area contributed by atoms with Gasteiger partial charge >= 0.3 is 0 Å². The maximum Gasteiger partial charge on any atom is 0.255 e. The fraction of sp³-hybridized carbons (Fsp3) is 0.350. The number of sulfonamides is 1. The molecule has 0 saturated carbocycles. The van der Waals surface area contributed by atoms with E-state index in [1.807, 2.05) is 31.2 Å². The van der Waals surface area contributed by atoms with Gasteiger partial charge in [0.15, 0.2) is 0 Å². The van der Waals surface area contributed by atoms with Crippen LogP contribution >= 0.6 is 0 Å². The van der Waals surface area contributed by atoms with Crippen molar-refractivity contribution in [1.82, 2.24) is 4.31 Å². The number of benzene rings is 2. The van der Waals surface area contributed by atoms with Gasteiger partial charge in [-0.15, -0.1) is 0 Å². The maximum atomic E-state index is 12.9. The van der Waals surface area contributed by atoms with E-state index in [1.54, 1.807) is 19.1 Å². The zero-order chi connectivity index (χ0) is 18.7. The molecule has 138 valence electrons. The summed E-state index contributed by atoms with van der Waals surface area (Å²) in [4.78, 5) is 12.8. The van der Waals surface area contributed by atoms with E-state index < -0.39 is 10.0 Å². The van der Waals surface area contributed by atoms with Crippen LogP contribution in [-0.2, 0) is 10.0 Å². The van der Waals surface area contributed by atoms with E-state index in [0.29, 0.717) is 24.3 Å². The number of rotatable bonds is 4. The molecule has 1 aliphatic heterocycles. The van der Waals surface area contributed by atoms with Crippen molar-refractivity contribution >= 4 is 21.6 Å². The molecule has 0 spiro atoms. The Balaban J connectivity index is 1.87. The Bertz CT molecular complexity index is 899. The number of nitrogens with one attached hydrogen (secondary N) is 1. The van der Waals surface area contributed by atoms with Crippen LogP contribution in [0.4, 0.5) is 5.69 Å². The molecule has 1 saturated heterocycles. The van der Waals surface area contributed by atoms with E-state index in [1.165, 1.54) is 10.4 Å². The maximum absolute atomic E-state index is 12.9. The SMILES string of the molecule is Cc1ccc(NC(=O)c2cc(S(=O)(=O)N3CCCCC3)ccc2C)cc1. The summed E-state index contributed by atoms with van der Waals surface area (Å²) in [6.07, 6.45) is 2.82. The van der Waals surface area contributed by atoms with Crippen molar-refractivity contribution in [2.24, 2.45) is 0 Å². The van der Waals surface area contributed by atoms with Crippen molar-refractivity contribution in [3.05, 3.63) is 59.2 Å². The Kier molecular flexibility index (Phi) is 5.44. The summed E-state index contributed by atoms with van der Waals surface area (Å²) in [6, 6.07) is 12.3. The van der Waals surface area contributed by atoms with Crippen LogP contribution in [0.25, 0.3) is 0 Å². The molecule has 0 aliphatic carbocycles. The summed E-state index contributed by atoms with van der Waals surface area (Å²) in [5, 5.41) is 2.84. The number of hydrogen-bond donors (Lipinski definition) is 1. The molecule has 1 fully saturated rings.